The Morgan fingerprint density at radius 1 is 1.36 bits per heavy atom. The van der Waals surface area contributed by atoms with Crippen molar-refractivity contribution in [1.29, 1.82) is 0 Å². The SMILES string of the molecule is C=CC(C)(C)C(=O)[C@@H](C)[C@H](O)C(C)C. The van der Waals surface area contributed by atoms with E-state index in [0.29, 0.717) is 0 Å². The normalized spacial score (nSPS) is 16.5. The van der Waals surface area contributed by atoms with Gasteiger partial charge in [-0.2, -0.15) is 0 Å². The summed E-state index contributed by atoms with van der Waals surface area (Å²) in [6.45, 7) is 12.9. The van der Waals surface area contributed by atoms with Gasteiger partial charge in [-0.25, -0.2) is 0 Å². The maximum absolute atomic E-state index is 11.9. The van der Waals surface area contributed by atoms with E-state index in [4.69, 9.17) is 0 Å². The van der Waals surface area contributed by atoms with Gasteiger partial charge in [-0.05, 0) is 19.8 Å². The summed E-state index contributed by atoms with van der Waals surface area (Å²) in [5.41, 5.74) is -0.546. The molecule has 0 unspecified atom stereocenters. The van der Waals surface area contributed by atoms with E-state index in [1.165, 1.54) is 0 Å². The Hall–Kier alpha value is -0.630. The van der Waals surface area contributed by atoms with Crippen molar-refractivity contribution in [3.8, 4) is 0 Å². The maximum Gasteiger partial charge on any atom is 0.147 e. The number of aliphatic hydroxyl groups excluding tert-OH is 1. The van der Waals surface area contributed by atoms with Crippen LogP contribution in [-0.4, -0.2) is 17.0 Å². The second-order valence-electron chi connectivity index (χ2n) is 4.81. The summed E-state index contributed by atoms with van der Waals surface area (Å²) in [6, 6.07) is 0. The molecule has 1 N–H and O–H groups in total. The van der Waals surface area contributed by atoms with Crippen LogP contribution >= 0.6 is 0 Å². The molecule has 0 aliphatic carbocycles. The lowest BCUT2D eigenvalue weighted by atomic mass is 9.78. The third kappa shape index (κ3) is 2.95. The molecule has 0 aromatic carbocycles. The topological polar surface area (TPSA) is 37.3 Å². The molecule has 2 nitrogen and oxygen atoms in total. The highest BCUT2D eigenvalue weighted by Crippen LogP contribution is 2.26. The number of ketones is 1. The lowest BCUT2D eigenvalue weighted by Gasteiger charge is -2.27. The van der Waals surface area contributed by atoms with Crippen LogP contribution < -0.4 is 0 Å². The van der Waals surface area contributed by atoms with E-state index < -0.39 is 11.5 Å². The highest BCUT2D eigenvalue weighted by Gasteiger charge is 2.33. The van der Waals surface area contributed by atoms with E-state index in [1.807, 2.05) is 27.7 Å². The Morgan fingerprint density at radius 2 is 1.79 bits per heavy atom. The summed E-state index contributed by atoms with van der Waals surface area (Å²) in [5, 5.41) is 9.77. The van der Waals surface area contributed by atoms with Crippen LogP contribution in [0.15, 0.2) is 12.7 Å². The number of hydrogen-bond acceptors (Lipinski definition) is 2. The molecule has 0 saturated heterocycles. The minimum Gasteiger partial charge on any atom is -0.392 e. The number of Topliss-reactive ketones (excluding diaryl/α,β-unsaturated/α-hetero) is 1. The Bertz CT molecular complexity index is 216. The molecule has 0 bridgehead atoms. The fraction of sp³-hybridized carbons (Fsp3) is 0.750. The summed E-state index contributed by atoms with van der Waals surface area (Å²) < 4.78 is 0. The summed E-state index contributed by atoms with van der Waals surface area (Å²) >= 11 is 0. The minimum absolute atomic E-state index is 0.0497. The standard InChI is InChI=1S/C12H22O2/c1-7-12(5,6)11(14)9(4)10(13)8(2)3/h7-10,13H,1H2,2-6H3/t9-,10+/m0/s1. The summed E-state index contributed by atoms with van der Waals surface area (Å²) in [4.78, 5) is 11.9. The van der Waals surface area contributed by atoms with E-state index in [1.54, 1.807) is 13.0 Å². The number of rotatable bonds is 5. The first-order valence-corrected chi connectivity index (χ1v) is 5.10. The van der Waals surface area contributed by atoms with E-state index in [0.717, 1.165) is 0 Å². The van der Waals surface area contributed by atoms with Crippen LogP contribution in [0.4, 0.5) is 0 Å². The second kappa shape index (κ2) is 4.74. The van der Waals surface area contributed by atoms with Gasteiger partial charge in [0.1, 0.15) is 5.78 Å². The van der Waals surface area contributed by atoms with Crippen LogP contribution in [-0.2, 0) is 4.79 Å². The molecule has 0 rings (SSSR count). The van der Waals surface area contributed by atoms with Gasteiger partial charge in [0, 0.05) is 11.3 Å². The van der Waals surface area contributed by atoms with E-state index in [9.17, 15) is 9.90 Å². The molecule has 0 radical (unpaired) electrons. The first-order chi connectivity index (χ1) is 6.24. The van der Waals surface area contributed by atoms with Crippen LogP contribution in [0.5, 0.6) is 0 Å². The lowest BCUT2D eigenvalue weighted by Crippen LogP contribution is -2.37. The van der Waals surface area contributed by atoms with Gasteiger partial charge in [0.15, 0.2) is 0 Å². The first-order valence-electron chi connectivity index (χ1n) is 5.10. The van der Waals surface area contributed by atoms with Crippen LogP contribution in [0.25, 0.3) is 0 Å². The quantitative estimate of drug-likeness (QED) is 0.689. The molecule has 0 saturated carbocycles. The third-order valence-electron chi connectivity index (χ3n) is 2.75. The molecule has 14 heavy (non-hydrogen) atoms. The number of aliphatic hydroxyl groups is 1. The van der Waals surface area contributed by atoms with Gasteiger partial charge >= 0.3 is 0 Å². The molecular weight excluding hydrogens is 176 g/mol. The molecule has 0 fully saturated rings. The Morgan fingerprint density at radius 3 is 2.07 bits per heavy atom. The van der Waals surface area contributed by atoms with E-state index in [2.05, 4.69) is 6.58 Å². The van der Waals surface area contributed by atoms with E-state index in [-0.39, 0.29) is 17.6 Å². The van der Waals surface area contributed by atoms with Crippen molar-refractivity contribution in [3.05, 3.63) is 12.7 Å². The van der Waals surface area contributed by atoms with Crippen molar-refractivity contribution in [2.45, 2.75) is 40.7 Å². The molecular formula is C12H22O2. The largest absolute Gasteiger partial charge is 0.392 e. The van der Waals surface area contributed by atoms with Gasteiger partial charge in [0.25, 0.3) is 0 Å². The monoisotopic (exact) mass is 198 g/mol. The van der Waals surface area contributed by atoms with Crippen molar-refractivity contribution >= 4 is 5.78 Å². The lowest BCUT2D eigenvalue weighted by molar-refractivity contribution is -0.132. The second-order valence-corrected chi connectivity index (χ2v) is 4.81. The fourth-order valence-corrected chi connectivity index (χ4v) is 1.42. The zero-order valence-corrected chi connectivity index (χ0v) is 9.87. The molecule has 0 amide bonds. The van der Waals surface area contributed by atoms with Crippen LogP contribution in [0.3, 0.4) is 0 Å². The average Bonchev–Trinajstić information content (AvgIpc) is 2.14. The minimum atomic E-state index is -0.568. The molecule has 0 aromatic rings. The predicted octanol–water partition coefficient (Wildman–Crippen LogP) is 2.42. The average molecular weight is 198 g/mol. The van der Waals surface area contributed by atoms with Gasteiger partial charge in [-0.1, -0.05) is 26.8 Å². The maximum atomic E-state index is 11.9. The number of carbonyl (C=O) groups excluding carboxylic acids is 1. The molecule has 2 atom stereocenters. The van der Waals surface area contributed by atoms with Crippen molar-refractivity contribution in [2.75, 3.05) is 0 Å². The molecule has 0 aliphatic rings. The van der Waals surface area contributed by atoms with E-state index >= 15 is 0 Å². The van der Waals surface area contributed by atoms with Crippen LogP contribution in [0, 0.1) is 17.3 Å². The van der Waals surface area contributed by atoms with Crippen molar-refractivity contribution in [3.63, 3.8) is 0 Å². The number of allylic oxidation sites excluding steroid dienone is 1. The Labute approximate surface area is 87.0 Å². The molecule has 0 spiro atoms. The highest BCUT2D eigenvalue weighted by molar-refractivity contribution is 5.88. The van der Waals surface area contributed by atoms with Crippen molar-refractivity contribution in [1.82, 2.24) is 0 Å². The van der Waals surface area contributed by atoms with Gasteiger partial charge in [0.05, 0.1) is 6.10 Å². The van der Waals surface area contributed by atoms with Crippen LogP contribution in [0.2, 0.25) is 0 Å². The predicted molar refractivity (Wildman–Crippen MR) is 59.0 cm³/mol. The molecule has 2 heteroatoms. The molecule has 0 aliphatic heterocycles. The smallest absolute Gasteiger partial charge is 0.147 e. The summed E-state index contributed by atoms with van der Waals surface area (Å²) in [5.74, 6) is -0.175. The Kier molecular flexibility index (Phi) is 4.53. The zero-order chi connectivity index (χ0) is 11.5. The van der Waals surface area contributed by atoms with Crippen molar-refractivity contribution < 1.29 is 9.90 Å². The Balaban J connectivity index is 4.63. The molecule has 0 aromatic heterocycles. The molecule has 82 valence electrons. The summed E-state index contributed by atoms with van der Waals surface area (Å²) in [7, 11) is 0. The van der Waals surface area contributed by atoms with Crippen LogP contribution in [0.1, 0.15) is 34.6 Å². The fourth-order valence-electron chi connectivity index (χ4n) is 1.42. The number of hydrogen-bond donors (Lipinski definition) is 1. The third-order valence-corrected chi connectivity index (χ3v) is 2.75. The van der Waals surface area contributed by atoms with Crippen molar-refractivity contribution in [2.24, 2.45) is 17.3 Å². The first kappa shape index (κ1) is 13.4. The zero-order valence-electron chi connectivity index (χ0n) is 9.87. The number of carbonyl (C=O) groups is 1. The highest BCUT2D eigenvalue weighted by atomic mass is 16.3. The summed E-state index contributed by atoms with van der Waals surface area (Å²) in [6.07, 6.45) is 1.07. The van der Waals surface area contributed by atoms with Gasteiger partial charge in [0.2, 0.25) is 0 Å². The molecule has 0 heterocycles. The van der Waals surface area contributed by atoms with Gasteiger partial charge in [-0.3, -0.25) is 4.79 Å². The van der Waals surface area contributed by atoms with Gasteiger partial charge < -0.3 is 5.11 Å². The van der Waals surface area contributed by atoms with Gasteiger partial charge in [-0.15, -0.1) is 6.58 Å².